The number of fused-ring (bicyclic) bond motifs is 1. The first-order valence-electron chi connectivity index (χ1n) is 10.3. The smallest absolute Gasteiger partial charge is 0.339 e. The average Bonchev–Trinajstić information content (AvgIpc) is 2.82. The number of benzene rings is 3. The Labute approximate surface area is 201 Å². The number of anilines is 1. The Morgan fingerprint density at radius 1 is 0.939 bits per heavy atom. The highest BCUT2D eigenvalue weighted by atomic mass is 35.5. The molecule has 166 valence electrons. The van der Waals surface area contributed by atoms with Crippen LogP contribution in [0.3, 0.4) is 0 Å². The maximum atomic E-state index is 13.3. The van der Waals surface area contributed by atoms with Crippen LogP contribution in [0, 0.1) is 6.92 Å². The number of nitrogens with one attached hydrogen (secondary N) is 1. The Kier molecular flexibility index (Phi) is 6.63. The number of carbonyl (C=O) groups is 2. The highest BCUT2D eigenvalue weighted by Crippen LogP contribution is 2.31. The average molecular weight is 479 g/mol. The van der Waals surface area contributed by atoms with E-state index in [1.54, 1.807) is 18.2 Å². The van der Waals surface area contributed by atoms with Crippen molar-refractivity contribution in [3.8, 4) is 11.3 Å². The maximum absolute atomic E-state index is 13.3. The van der Waals surface area contributed by atoms with Gasteiger partial charge in [-0.05, 0) is 37.6 Å². The number of hydrogen-bond acceptors (Lipinski definition) is 4. The maximum Gasteiger partial charge on any atom is 0.339 e. The summed E-state index contributed by atoms with van der Waals surface area (Å²) < 4.78 is 5.57. The van der Waals surface area contributed by atoms with E-state index < -0.39 is 18.0 Å². The fraction of sp³-hybridized carbons (Fsp3) is 0.115. The standard InChI is InChI=1S/C26H20Cl2N2O3/c1-15-22(18-11-6-7-13-20(18)29-24(15)17-9-4-3-5-10-17)26(32)33-16(2)25(31)30-21-14-8-12-19(27)23(21)28/h3-14,16H,1-2H3,(H,30,31). The Hall–Kier alpha value is -3.41. The van der Waals surface area contributed by atoms with Crippen LogP contribution in [0.5, 0.6) is 0 Å². The number of pyridine rings is 1. The van der Waals surface area contributed by atoms with Gasteiger partial charge in [0.1, 0.15) is 0 Å². The van der Waals surface area contributed by atoms with Crippen molar-refractivity contribution < 1.29 is 14.3 Å². The van der Waals surface area contributed by atoms with Gasteiger partial charge in [0, 0.05) is 10.9 Å². The van der Waals surface area contributed by atoms with Crippen LogP contribution < -0.4 is 5.32 Å². The van der Waals surface area contributed by atoms with Crippen molar-refractivity contribution in [1.29, 1.82) is 0 Å². The summed E-state index contributed by atoms with van der Waals surface area (Å²) in [5, 5.41) is 3.84. The zero-order chi connectivity index (χ0) is 23.5. The van der Waals surface area contributed by atoms with E-state index in [1.165, 1.54) is 6.92 Å². The van der Waals surface area contributed by atoms with Crippen molar-refractivity contribution >= 4 is 51.7 Å². The first-order valence-corrected chi connectivity index (χ1v) is 11.0. The van der Waals surface area contributed by atoms with Crippen LogP contribution in [0.2, 0.25) is 10.0 Å². The highest BCUT2D eigenvalue weighted by molar-refractivity contribution is 6.44. The van der Waals surface area contributed by atoms with Crippen LogP contribution >= 0.6 is 23.2 Å². The number of esters is 1. The van der Waals surface area contributed by atoms with E-state index in [2.05, 4.69) is 5.32 Å². The predicted molar refractivity (Wildman–Crippen MR) is 132 cm³/mol. The van der Waals surface area contributed by atoms with Crippen LogP contribution in [-0.2, 0) is 9.53 Å². The number of para-hydroxylation sites is 1. The summed E-state index contributed by atoms with van der Waals surface area (Å²) in [7, 11) is 0. The lowest BCUT2D eigenvalue weighted by atomic mass is 9.98. The first-order chi connectivity index (χ1) is 15.9. The van der Waals surface area contributed by atoms with Gasteiger partial charge in [-0.1, -0.05) is 77.8 Å². The second kappa shape index (κ2) is 9.61. The molecule has 0 spiro atoms. The highest BCUT2D eigenvalue weighted by Gasteiger charge is 2.25. The van der Waals surface area contributed by atoms with E-state index in [1.807, 2.05) is 61.5 Å². The number of rotatable bonds is 5. The molecule has 1 atom stereocenters. The van der Waals surface area contributed by atoms with Crippen LogP contribution in [0.4, 0.5) is 5.69 Å². The number of amides is 1. The fourth-order valence-corrected chi connectivity index (χ4v) is 3.90. The second-order valence-corrected chi connectivity index (χ2v) is 8.27. The minimum atomic E-state index is -1.07. The van der Waals surface area contributed by atoms with Crippen molar-refractivity contribution in [2.75, 3.05) is 5.32 Å². The molecule has 0 aliphatic rings. The molecule has 0 saturated heterocycles. The normalized spacial score (nSPS) is 11.8. The topological polar surface area (TPSA) is 68.3 Å². The van der Waals surface area contributed by atoms with Crippen molar-refractivity contribution in [3.05, 3.63) is 94.0 Å². The van der Waals surface area contributed by atoms with Gasteiger partial charge in [-0.2, -0.15) is 0 Å². The quantitative estimate of drug-likeness (QED) is 0.324. The molecule has 0 aliphatic heterocycles. The third-order valence-corrected chi connectivity index (χ3v) is 6.07. The Morgan fingerprint density at radius 3 is 2.39 bits per heavy atom. The molecule has 33 heavy (non-hydrogen) atoms. The van der Waals surface area contributed by atoms with Gasteiger partial charge in [-0.3, -0.25) is 4.79 Å². The molecule has 1 aromatic heterocycles. The third kappa shape index (κ3) is 4.70. The number of nitrogens with zero attached hydrogens (tertiary/aromatic N) is 1. The molecule has 1 amide bonds. The summed E-state index contributed by atoms with van der Waals surface area (Å²) in [5.41, 5.74) is 3.63. The molecule has 0 radical (unpaired) electrons. The molecule has 0 aliphatic carbocycles. The summed E-state index contributed by atoms with van der Waals surface area (Å²) in [6, 6.07) is 21.9. The van der Waals surface area contributed by atoms with Gasteiger partial charge in [0.15, 0.2) is 6.10 Å². The monoisotopic (exact) mass is 478 g/mol. The van der Waals surface area contributed by atoms with E-state index in [0.29, 0.717) is 38.4 Å². The van der Waals surface area contributed by atoms with E-state index >= 15 is 0 Å². The zero-order valence-corrected chi connectivity index (χ0v) is 19.4. The Morgan fingerprint density at radius 2 is 1.64 bits per heavy atom. The Balaban J connectivity index is 1.65. The molecule has 5 nitrogen and oxygen atoms in total. The number of halogens is 2. The number of aromatic nitrogens is 1. The molecule has 0 saturated carbocycles. The van der Waals surface area contributed by atoms with Crippen LogP contribution in [0.1, 0.15) is 22.8 Å². The van der Waals surface area contributed by atoms with Gasteiger partial charge in [0.25, 0.3) is 5.91 Å². The largest absolute Gasteiger partial charge is 0.449 e. The molecule has 1 N–H and O–H groups in total. The number of hydrogen-bond donors (Lipinski definition) is 1. The van der Waals surface area contributed by atoms with Crippen molar-refractivity contribution in [2.45, 2.75) is 20.0 Å². The van der Waals surface area contributed by atoms with E-state index in [-0.39, 0.29) is 5.02 Å². The summed E-state index contributed by atoms with van der Waals surface area (Å²) >= 11 is 12.1. The van der Waals surface area contributed by atoms with Gasteiger partial charge in [-0.25, -0.2) is 9.78 Å². The fourth-order valence-electron chi connectivity index (χ4n) is 3.56. The Bertz CT molecular complexity index is 1360. The minimum Gasteiger partial charge on any atom is -0.449 e. The minimum absolute atomic E-state index is 0.217. The van der Waals surface area contributed by atoms with Crippen molar-refractivity contribution in [1.82, 2.24) is 4.98 Å². The summed E-state index contributed by atoms with van der Waals surface area (Å²) in [6.45, 7) is 3.33. The lowest BCUT2D eigenvalue weighted by Gasteiger charge is -2.17. The predicted octanol–water partition coefficient (Wildman–Crippen LogP) is 6.70. The SMILES string of the molecule is Cc1c(-c2ccccc2)nc2ccccc2c1C(=O)OC(C)C(=O)Nc1cccc(Cl)c1Cl. The zero-order valence-electron chi connectivity index (χ0n) is 17.9. The van der Waals surface area contributed by atoms with Gasteiger partial charge in [0.05, 0.1) is 32.5 Å². The van der Waals surface area contributed by atoms with Gasteiger partial charge < -0.3 is 10.1 Å². The first kappa shape index (κ1) is 22.8. The number of carbonyl (C=O) groups excluding carboxylic acids is 2. The van der Waals surface area contributed by atoms with E-state index in [9.17, 15) is 9.59 Å². The van der Waals surface area contributed by atoms with Crippen LogP contribution in [-0.4, -0.2) is 23.0 Å². The van der Waals surface area contributed by atoms with Crippen molar-refractivity contribution in [2.24, 2.45) is 0 Å². The molecule has 0 fully saturated rings. The molecule has 1 heterocycles. The molecule has 1 unspecified atom stereocenters. The molecule has 3 aromatic carbocycles. The summed E-state index contributed by atoms with van der Waals surface area (Å²) in [5.74, 6) is -1.13. The van der Waals surface area contributed by atoms with Crippen LogP contribution in [0.25, 0.3) is 22.2 Å². The van der Waals surface area contributed by atoms with E-state index in [4.69, 9.17) is 32.9 Å². The summed E-state index contributed by atoms with van der Waals surface area (Å²) in [4.78, 5) is 30.7. The van der Waals surface area contributed by atoms with E-state index in [0.717, 1.165) is 5.56 Å². The molecule has 4 aromatic rings. The number of ether oxygens (including phenoxy) is 1. The molecular formula is C26H20Cl2N2O3. The van der Waals surface area contributed by atoms with Gasteiger partial charge >= 0.3 is 5.97 Å². The molecule has 0 bridgehead atoms. The lowest BCUT2D eigenvalue weighted by molar-refractivity contribution is -0.123. The molecule has 7 heteroatoms. The molecule has 4 rings (SSSR count). The summed E-state index contributed by atoms with van der Waals surface area (Å²) in [6.07, 6.45) is -1.07. The van der Waals surface area contributed by atoms with Crippen LogP contribution in [0.15, 0.2) is 72.8 Å². The van der Waals surface area contributed by atoms with Gasteiger partial charge in [-0.15, -0.1) is 0 Å². The third-order valence-electron chi connectivity index (χ3n) is 5.25. The molecular weight excluding hydrogens is 459 g/mol. The van der Waals surface area contributed by atoms with Crippen molar-refractivity contribution in [3.63, 3.8) is 0 Å². The second-order valence-electron chi connectivity index (χ2n) is 7.48. The lowest BCUT2D eigenvalue weighted by Crippen LogP contribution is -2.30. The van der Waals surface area contributed by atoms with Gasteiger partial charge in [0.2, 0.25) is 0 Å².